The number of rotatable bonds is 5. The number of esters is 1. The molecule has 4 aliphatic carbocycles. The number of hydrogen-bond acceptors (Lipinski definition) is 4. The topological polar surface area (TPSA) is 72.8 Å². The number of ether oxygens (including phenoxy) is 2. The van der Waals surface area contributed by atoms with Crippen LogP contribution in [0.1, 0.15) is 64.8 Å². The van der Waals surface area contributed by atoms with Crippen molar-refractivity contribution in [1.29, 1.82) is 0 Å². The molecule has 0 spiro atoms. The quantitative estimate of drug-likeness (QED) is 0.526. The van der Waals surface area contributed by atoms with Crippen molar-refractivity contribution in [3.8, 4) is 11.5 Å². The van der Waals surface area contributed by atoms with E-state index in [4.69, 9.17) is 9.47 Å². The van der Waals surface area contributed by atoms with Gasteiger partial charge in [-0.3, -0.25) is 0 Å². The maximum atomic E-state index is 14.2. The monoisotopic (exact) mass is 424 g/mol. The summed E-state index contributed by atoms with van der Waals surface area (Å²) < 4.78 is 25.1. The zero-order chi connectivity index (χ0) is 21.8. The van der Waals surface area contributed by atoms with Gasteiger partial charge in [-0.25, -0.2) is 14.0 Å². The normalized spacial score (nSPS) is 28.4. The van der Waals surface area contributed by atoms with Crippen LogP contribution in [-0.4, -0.2) is 24.2 Å². The molecule has 1 N–H and O–H groups in total. The Morgan fingerprint density at radius 2 is 1.68 bits per heavy atom. The molecule has 2 aromatic carbocycles. The van der Waals surface area contributed by atoms with Crippen molar-refractivity contribution < 1.29 is 28.6 Å². The molecule has 4 fully saturated rings. The highest BCUT2D eigenvalue weighted by atomic mass is 19.1. The molecule has 0 heterocycles. The van der Waals surface area contributed by atoms with Gasteiger partial charge in [-0.05, 0) is 92.0 Å². The van der Waals surface area contributed by atoms with Crippen LogP contribution in [0, 0.1) is 23.6 Å². The molecule has 0 aliphatic heterocycles. The second-order valence-electron chi connectivity index (χ2n) is 9.42. The van der Waals surface area contributed by atoms with Gasteiger partial charge in [0.1, 0.15) is 11.3 Å². The van der Waals surface area contributed by atoms with E-state index in [1.807, 2.05) is 6.07 Å². The number of halogens is 1. The van der Waals surface area contributed by atoms with Crippen LogP contribution < -0.4 is 9.47 Å². The number of benzene rings is 2. The highest BCUT2D eigenvalue weighted by Gasteiger charge is 2.52. The van der Waals surface area contributed by atoms with Crippen molar-refractivity contribution in [2.75, 3.05) is 7.11 Å². The minimum atomic E-state index is -1.36. The lowest BCUT2D eigenvalue weighted by Gasteiger charge is -2.57. The van der Waals surface area contributed by atoms with E-state index in [1.54, 1.807) is 19.2 Å². The van der Waals surface area contributed by atoms with E-state index in [0.29, 0.717) is 0 Å². The smallest absolute Gasteiger partial charge is 0.343 e. The summed E-state index contributed by atoms with van der Waals surface area (Å²) in [5.74, 6) is -0.646. The van der Waals surface area contributed by atoms with Crippen molar-refractivity contribution in [1.82, 2.24) is 0 Å². The number of carboxylic acids is 1. The van der Waals surface area contributed by atoms with Crippen molar-refractivity contribution in [2.24, 2.45) is 17.8 Å². The first kappa shape index (κ1) is 20.0. The molecule has 0 amide bonds. The lowest BCUT2D eigenvalue weighted by atomic mass is 9.48. The van der Waals surface area contributed by atoms with Crippen LogP contribution >= 0.6 is 0 Å². The minimum Gasteiger partial charge on any atom is -0.496 e. The first-order chi connectivity index (χ1) is 14.9. The molecule has 4 bridgehead atoms. The Hall–Kier alpha value is -2.89. The maximum Gasteiger partial charge on any atom is 0.343 e. The molecule has 0 aromatic heterocycles. The van der Waals surface area contributed by atoms with Gasteiger partial charge in [-0.15, -0.1) is 0 Å². The van der Waals surface area contributed by atoms with Gasteiger partial charge in [0, 0.05) is 5.56 Å². The predicted molar refractivity (Wildman–Crippen MR) is 111 cm³/mol. The molecule has 162 valence electrons. The van der Waals surface area contributed by atoms with Gasteiger partial charge in [-0.1, -0.05) is 6.07 Å². The van der Waals surface area contributed by atoms with Crippen molar-refractivity contribution in [3.63, 3.8) is 0 Å². The van der Waals surface area contributed by atoms with E-state index >= 15 is 0 Å². The third-order valence-corrected chi connectivity index (χ3v) is 7.44. The highest BCUT2D eigenvalue weighted by Crippen LogP contribution is 2.61. The molecule has 6 rings (SSSR count). The molecule has 2 aromatic rings. The van der Waals surface area contributed by atoms with Gasteiger partial charge < -0.3 is 14.6 Å². The summed E-state index contributed by atoms with van der Waals surface area (Å²) in [6, 6.07) is 8.73. The molecule has 31 heavy (non-hydrogen) atoms. The number of carbonyl (C=O) groups is 2. The molecule has 4 saturated carbocycles. The van der Waals surface area contributed by atoms with Crippen molar-refractivity contribution >= 4 is 11.9 Å². The van der Waals surface area contributed by atoms with Crippen molar-refractivity contribution in [2.45, 2.75) is 43.9 Å². The Bertz CT molecular complexity index is 1020. The number of methoxy groups -OCH3 is 1. The average molecular weight is 424 g/mol. The van der Waals surface area contributed by atoms with Crippen LogP contribution in [0.2, 0.25) is 0 Å². The Morgan fingerprint density at radius 1 is 1.03 bits per heavy atom. The Labute approximate surface area is 180 Å². The fourth-order valence-corrected chi connectivity index (χ4v) is 6.62. The SMILES string of the molecule is COc1ccc(C(=O)Oc2c(F)cccc2C(=O)O)cc1C12CC3CC(CC(C3)C1)C2. The van der Waals surface area contributed by atoms with Gasteiger partial charge in [0.05, 0.1) is 12.7 Å². The number of aromatic carboxylic acids is 1. The van der Waals surface area contributed by atoms with Crippen LogP contribution in [0.15, 0.2) is 36.4 Å². The predicted octanol–water partition coefficient (Wildman–Crippen LogP) is 5.22. The maximum absolute atomic E-state index is 14.2. The number of carbonyl (C=O) groups excluding carboxylic acids is 1. The second kappa shape index (κ2) is 7.36. The van der Waals surface area contributed by atoms with Crippen LogP contribution in [0.3, 0.4) is 0 Å². The van der Waals surface area contributed by atoms with Gasteiger partial charge in [0.25, 0.3) is 0 Å². The van der Waals surface area contributed by atoms with E-state index in [9.17, 15) is 19.1 Å². The Balaban J connectivity index is 1.50. The fourth-order valence-electron chi connectivity index (χ4n) is 6.62. The van der Waals surface area contributed by atoms with Crippen LogP contribution in [-0.2, 0) is 5.41 Å². The summed E-state index contributed by atoms with van der Waals surface area (Å²) >= 11 is 0. The first-order valence-electron chi connectivity index (χ1n) is 10.8. The van der Waals surface area contributed by atoms with E-state index in [2.05, 4.69) is 0 Å². The van der Waals surface area contributed by atoms with Gasteiger partial charge in [0.2, 0.25) is 0 Å². The van der Waals surface area contributed by atoms with E-state index in [0.717, 1.165) is 54.4 Å². The summed E-state index contributed by atoms with van der Waals surface area (Å²) in [7, 11) is 1.63. The zero-order valence-corrected chi connectivity index (χ0v) is 17.4. The highest BCUT2D eigenvalue weighted by molar-refractivity contribution is 5.95. The fraction of sp³-hybridized carbons (Fsp3) is 0.440. The van der Waals surface area contributed by atoms with Gasteiger partial charge in [-0.2, -0.15) is 0 Å². The van der Waals surface area contributed by atoms with Crippen LogP contribution in [0.5, 0.6) is 11.5 Å². The third-order valence-electron chi connectivity index (χ3n) is 7.44. The van der Waals surface area contributed by atoms with E-state index < -0.39 is 23.5 Å². The number of hydrogen-bond donors (Lipinski definition) is 1. The van der Waals surface area contributed by atoms with E-state index in [-0.39, 0.29) is 16.5 Å². The summed E-state index contributed by atoms with van der Waals surface area (Å²) in [5, 5.41) is 9.31. The molecule has 0 saturated heterocycles. The molecular weight excluding hydrogens is 399 g/mol. The standard InChI is InChI=1S/C25H25FO5/c1-30-21-6-5-17(24(29)31-22-18(23(27)28)3-2-4-20(22)26)10-19(21)25-11-14-7-15(12-25)9-16(8-14)13-25/h2-6,10,14-16H,7-9,11-13H2,1H3,(H,27,28). The molecule has 0 unspecified atom stereocenters. The number of carboxylic acid groups (broad SMARTS) is 1. The first-order valence-corrected chi connectivity index (χ1v) is 10.8. The van der Waals surface area contributed by atoms with Gasteiger partial charge in [0.15, 0.2) is 11.6 Å². The third kappa shape index (κ3) is 3.38. The summed E-state index contributed by atoms with van der Waals surface area (Å²) in [5.41, 5.74) is 0.908. The summed E-state index contributed by atoms with van der Waals surface area (Å²) in [6.07, 6.45) is 7.21. The summed E-state index contributed by atoms with van der Waals surface area (Å²) in [4.78, 5) is 24.3. The Kier molecular flexibility index (Phi) is 4.76. The van der Waals surface area contributed by atoms with Crippen molar-refractivity contribution in [3.05, 3.63) is 58.9 Å². The molecule has 6 heteroatoms. The summed E-state index contributed by atoms with van der Waals surface area (Å²) in [6.45, 7) is 0. The van der Waals surface area contributed by atoms with E-state index in [1.165, 1.54) is 31.4 Å². The minimum absolute atomic E-state index is 0.000600. The molecule has 0 atom stereocenters. The Morgan fingerprint density at radius 3 is 2.26 bits per heavy atom. The molecule has 0 radical (unpaired) electrons. The zero-order valence-electron chi connectivity index (χ0n) is 17.4. The van der Waals surface area contributed by atoms with Crippen LogP contribution in [0.25, 0.3) is 0 Å². The molecule has 4 aliphatic rings. The lowest BCUT2D eigenvalue weighted by molar-refractivity contribution is -0.00618. The van der Waals surface area contributed by atoms with Gasteiger partial charge >= 0.3 is 11.9 Å². The molecular formula is C25H25FO5. The second-order valence-corrected chi connectivity index (χ2v) is 9.42. The van der Waals surface area contributed by atoms with Crippen LogP contribution in [0.4, 0.5) is 4.39 Å². The molecule has 5 nitrogen and oxygen atoms in total. The largest absolute Gasteiger partial charge is 0.496 e. The number of para-hydroxylation sites is 1. The lowest BCUT2D eigenvalue weighted by Crippen LogP contribution is -2.48. The average Bonchev–Trinajstić information content (AvgIpc) is 2.73.